The van der Waals surface area contributed by atoms with E-state index in [1.165, 1.54) is 0 Å². The molecule has 0 aliphatic heterocycles. The van der Waals surface area contributed by atoms with Crippen LogP contribution in [0, 0.1) is 0 Å². The molecule has 0 aliphatic rings. The minimum Gasteiger partial charge on any atom is -0.478 e. The predicted octanol–water partition coefficient (Wildman–Crippen LogP) is 1.63. The number of aliphatic hydroxyl groups excluding tert-OH is 1. The molecule has 0 heterocycles. The summed E-state index contributed by atoms with van der Waals surface area (Å²) < 4.78 is 0. The van der Waals surface area contributed by atoms with Crippen molar-refractivity contribution in [1.82, 2.24) is 4.90 Å². The molecule has 0 bridgehead atoms. The van der Waals surface area contributed by atoms with Crippen molar-refractivity contribution in [3.05, 3.63) is 35.4 Å². The van der Waals surface area contributed by atoms with Gasteiger partial charge in [0.25, 0.3) is 0 Å². The molecule has 0 spiro atoms. The first-order valence-corrected chi connectivity index (χ1v) is 6.25. The SMILES string of the molecule is CN(CCCCO)CCc1ccccc1C(=O)O. The Balaban J connectivity index is 2.45. The minimum absolute atomic E-state index is 0.232. The summed E-state index contributed by atoms with van der Waals surface area (Å²) in [6.45, 7) is 1.99. The van der Waals surface area contributed by atoms with Crippen LogP contribution >= 0.6 is 0 Å². The fraction of sp³-hybridized carbons (Fsp3) is 0.500. The van der Waals surface area contributed by atoms with E-state index in [0.29, 0.717) is 5.56 Å². The van der Waals surface area contributed by atoms with Crippen molar-refractivity contribution >= 4 is 5.97 Å². The lowest BCUT2D eigenvalue weighted by Gasteiger charge is -2.16. The van der Waals surface area contributed by atoms with Crippen LogP contribution in [0.2, 0.25) is 0 Å². The van der Waals surface area contributed by atoms with Crippen LogP contribution < -0.4 is 0 Å². The zero-order chi connectivity index (χ0) is 13.4. The highest BCUT2D eigenvalue weighted by Crippen LogP contribution is 2.10. The van der Waals surface area contributed by atoms with Gasteiger partial charge in [-0.05, 0) is 44.5 Å². The lowest BCUT2D eigenvalue weighted by Crippen LogP contribution is -2.23. The second-order valence-corrected chi connectivity index (χ2v) is 4.45. The summed E-state index contributed by atoms with van der Waals surface area (Å²) in [5, 5.41) is 17.8. The average Bonchev–Trinajstić information content (AvgIpc) is 2.37. The number of unbranched alkanes of at least 4 members (excludes halogenated alkanes) is 1. The monoisotopic (exact) mass is 251 g/mol. The lowest BCUT2D eigenvalue weighted by atomic mass is 10.0. The lowest BCUT2D eigenvalue weighted by molar-refractivity contribution is 0.0695. The zero-order valence-electron chi connectivity index (χ0n) is 10.8. The van der Waals surface area contributed by atoms with Gasteiger partial charge in [-0.3, -0.25) is 0 Å². The summed E-state index contributed by atoms with van der Waals surface area (Å²) in [5.74, 6) is -0.867. The van der Waals surface area contributed by atoms with Gasteiger partial charge < -0.3 is 15.1 Å². The van der Waals surface area contributed by atoms with Crippen LogP contribution in [0.25, 0.3) is 0 Å². The van der Waals surface area contributed by atoms with E-state index in [4.69, 9.17) is 10.2 Å². The molecule has 0 fully saturated rings. The van der Waals surface area contributed by atoms with Crippen LogP contribution in [0.4, 0.5) is 0 Å². The summed E-state index contributed by atoms with van der Waals surface area (Å²) in [5.41, 5.74) is 1.26. The number of aliphatic hydroxyl groups is 1. The second kappa shape index (κ2) is 7.84. The minimum atomic E-state index is -0.867. The first kappa shape index (κ1) is 14.7. The van der Waals surface area contributed by atoms with Crippen molar-refractivity contribution < 1.29 is 15.0 Å². The number of benzene rings is 1. The highest BCUT2D eigenvalue weighted by molar-refractivity contribution is 5.89. The standard InChI is InChI=1S/C14H21NO3/c1-15(9-4-5-11-16)10-8-12-6-2-3-7-13(12)14(17)18/h2-3,6-7,16H,4-5,8-11H2,1H3,(H,17,18). The second-order valence-electron chi connectivity index (χ2n) is 4.45. The Morgan fingerprint density at radius 1 is 1.22 bits per heavy atom. The van der Waals surface area contributed by atoms with Crippen molar-refractivity contribution in [2.75, 3.05) is 26.7 Å². The highest BCUT2D eigenvalue weighted by Gasteiger charge is 2.09. The van der Waals surface area contributed by atoms with E-state index in [1.807, 2.05) is 19.2 Å². The van der Waals surface area contributed by atoms with Gasteiger partial charge in [0, 0.05) is 13.2 Å². The number of carbonyl (C=O) groups is 1. The van der Waals surface area contributed by atoms with Gasteiger partial charge in [0.1, 0.15) is 0 Å². The third kappa shape index (κ3) is 4.85. The van der Waals surface area contributed by atoms with Crippen molar-refractivity contribution in [3.8, 4) is 0 Å². The first-order valence-electron chi connectivity index (χ1n) is 6.25. The molecule has 4 heteroatoms. The maximum Gasteiger partial charge on any atom is 0.335 e. The van der Waals surface area contributed by atoms with Crippen molar-refractivity contribution in [1.29, 1.82) is 0 Å². The Kier molecular flexibility index (Phi) is 6.39. The van der Waals surface area contributed by atoms with Gasteiger partial charge in [-0.2, -0.15) is 0 Å². The Labute approximate surface area is 108 Å². The molecule has 100 valence electrons. The molecule has 0 saturated heterocycles. The summed E-state index contributed by atoms with van der Waals surface area (Å²) in [6.07, 6.45) is 2.52. The van der Waals surface area contributed by atoms with Gasteiger partial charge in [0.05, 0.1) is 5.56 Å². The number of hydrogen-bond acceptors (Lipinski definition) is 3. The van der Waals surface area contributed by atoms with Gasteiger partial charge in [0.15, 0.2) is 0 Å². The van der Waals surface area contributed by atoms with E-state index in [0.717, 1.165) is 37.9 Å². The van der Waals surface area contributed by atoms with Crippen LogP contribution in [-0.4, -0.2) is 47.8 Å². The number of rotatable bonds is 8. The number of hydrogen-bond donors (Lipinski definition) is 2. The van der Waals surface area contributed by atoms with Gasteiger partial charge in [-0.25, -0.2) is 4.79 Å². The molecule has 2 N–H and O–H groups in total. The molecule has 1 rings (SSSR count). The molecule has 0 aliphatic carbocycles. The van der Waals surface area contributed by atoms with E-state index in [-0.39, 0.29) is 6.61 Å². The van der Waals surface area contributed by atoms with Crippen LogP contribution in [0.1, 0.15) is 28.8 Å². The van der Waals surface area contributed by atoms with Gasteiger partial charge in [-0.15, -0.1) is 0 Å². The third-order valence-corrected chi connectivity index (χ3v) is 2.96. The largest absolute Gasteiger partial charge is 0.478 e. The maximum atomic E-state index is 11.0. The van der Waals surface area contributed by atoms with E-state index in [9.17, 15) is 4.79 Å². The fourth-order valence-electron chi connectivity index (χ4n) is 1.86. The molecule has 1 aromatic rings. The number of carboxylic acids is 1. The molecule has 0 atom stereocenters. The zero-order valence-corrected chi connectivity index (χ0v) is 10.8. The van der Waals surface area contributed by atoms with Crippen LogP contribution in [0.15, 0.2) is 24.3 Å². The molecule has 0 unspecified atom stereocenters. The van der Waals surface area contributed by atoms with Crippen molar-refractivity contribution in [2.45, 2.75) is 19.3 Å². The molecule has 4 nitrogen and oxygen atoms in total. The summed E-state index contributed by atoms with van der Waals surface area (Å²) in [6, 6.07) is 7.12. The molecule has 0 radical (unpaired) electrons. The topological polar surface area (TPSA) is 60.8 Å². The van der Waals surface area contributed by atoms with Gasteiger partial charge in [-0.1, -0.05) is 18.2 Å². The fourth-order valence-corrected chi connectivity index (χ4v) is 1.86. The average molecular weight is 251 g/mol. The molecule has 1 aromatic carbocycles. The van der Waals surface area contributed by atoms with Crippen LogP contribution in [0.5, 0.6) is 0 Å². The third-order valence-electron chi connectivity index (χ3n) is 2.96. The molecule has 0 amide bonds. The van der Waals surface area contributed by atoms with Gasteiger partial charge >= 0.3 is 5.97 Å². The molecular weight excluding hydrogens is 230 g/mol. The quantitative estimate of drug-likeness (QED) is 0.689. The van der Waals surface area contributed by atoms with E-state index < -0.39 is 5.97 Å². The summed E-state index contributed by atoms with van der Waals surface area (Å²) >= 11 is 0. The van der Waals surface area contributed by atoms with Crippen molar-refractivity contribution in [2.24, 2.45) is 0 Å². The van der Waals surface area contributed by atoms with E-state index >= 15 is 0 Å². The Hall–Kier alpha value is -1.39. The molecule has 0 saturated carbocycles. The predicted molar refractivity (Wildman–Crippen MR) is 70.9 cm³/mol. The normalized spacial score (nSPS) is 10.8. The highest BCUT2D eigenvalue weighted by atomic mass is 16.4. The summed E-state index contributed by atoms with van der Waals surface area (Å²) in [4.78, 5) is 13.2. The van der Waals surface area contributed by atoms with Crippen LogP contribution in [-0.2, 0) is 6.42 Å². The Bertz CT molecular complexity index is 379. The Morgan fingerprint density at radius 3 is 2.61 bits per heavy atom. The summed E-state index contributed by atoms with van der Waals surface area (Å²) in [7, 11) is 2.01. The first-order chi connectivity index (χ1) is 8.65. The van der Waals surface area contributed by atoms with Crippen LogP contribution in [0.3, 0.4) is 0 Å². The maximum absolute atomic E-state index is 11.0. The van der Waals surface area contributed by atoms with Gasteiger partial charge in [0.2, 0.25) is 0 Å². The molecular formula is C14H21NO3. The number of nitrogens with zero attached hydrogens (tertiary/aromatic N) is 1. The molecule has 18 heavy (non-hydrogen) atoms. The smallest absolute Gasteiger partial charge is 0.335 e. The molecule has 0 aromatic heterocycles. The Morgan fingerprint density at radius 2 is 1.94 bits per heavy atom. The van der Waals surface area contributed by atoms with E-state index in [1.54, 1.807) is 12.1 Å². The van der Waals surface area contributed by atoms with E-state index in [2.05, 4.69) is 4.90 Å². The van der Waals surface area contributed by atoms with Crippen molar-refractivity contribution in [3.63, 3.8) is 0 Å². The number of aromatic carboxylic acids is 1. The number of carboxylic acid groups (broad SMARTS) is 1. The number of likely N-dealkylation sites (N-methyl/N-ethyl adjacent to an activating group) is 1.